The minimum atomic E-state index is -3.87. The van der Waals surface area contributed by atoms with Crippen LogP contribution < -0.4 is 15.2 Å². The van der Waals surface area contributed by atoms with Gasteiger partial charge in [-0.25, -0.2) is 13.6 Å². The number of aryl methyl sites for hydroxylation is 1. The largest absolute Gasteiger partial charge is 0.492 e. The summed E-state index contributed by atoms with van der Waals surface area (Å²) >= 11 is 5.77. The maximum atomic E-state index is 12.1. The number of rotatable bonds is 6. The van der Waals surface area contributed by atoms with E-state index in [1.807, 2.05) is 0 Å². The van der Waals surface area contributed by atoms with Gasteiger partial charge < -0.3 is 10.1 Å². The van der Waals surface area contributed by atoms with E-state index in [4.69, 9.17) is 21.5 Å². The van der Waals surface area contributed by atoms with Gasteiger partial charge in [0.1, 0.15) is 12.4 Å². The molecule has 2 aromatic rings. The number of halogens is 1. The Balaban J connectivity index is 1.92. The summed E-state index contributed by atoms with van der Waals surface area (Å²) in [6, 6.07) is 11.2. The predicted octanol–water partition coefficient (Wildman–Crippen LogP) is 2.10. The number of primary sulfonamides is 1. The van der Waals surface area contributed by atoms with Crippen molar-refractivity contribution in [2.45, 2.75) is 11.8 Å². The lowest BCUT2D eigenvalue weighted by Crippen LogP contribution is -2.28. The van der Waals surface area contributed by atoms with Gasteiger partial charge in [-0.3, -0.25) is 4.79 Å². The molecule has 8 heteroatoms. The minimum Gasteiger partial charge on any atom is -0.492 e. The Labute approximate surface area is 145 Å². The van der Waals surface area contributed by atoms with Crippen LogP contribution >= 0.6 is 11.6 Å². The van der Waals surface area contributed by atoms with Gasteiger partial charge in [0.25, 0.3) is 5.91 Å². The lowest BCUT2D eigenvalue weighted by Gasteiger charge is -2.09. The minimum absolute atomic E-state index is 0.0624. The summed E-state index contributed by atoms with van der Waals surface area (Å²) < 4.78 is 28.4. The van der Waals surface area contributed by atoms with Gasteiger partial charge in [0.05, 0.1) is 11.4 Å². The Bertz CT molecular complexity index is 836. The fourth-order valence-electron chi connectivity index (χ4n) is 2.01. The maximum absolute atomic E-state index is 12.1. The van der Waals surface area contributed by atoms with Crippen molar-refractivity contribution in [1.82, 2.24) is 5.32 Å². The zero-order valence-electron chi connectivity index (χ0n) is 13.0. The topological polar surface area (TPSA) is 98.5 Å². The number of ether oxygens (including phenoxy) is 1. The quantitative estimate of drug-likeness (QED) is 0.763. The fraction of sp³-hybridized carbons (Fsp3) is 0.188. The smallest absolute Gasteiger partial charge is 0.251 e. The van der Waals surface area contributed by atoms with Gasteiger partial charge in [-0.2, -0.15) is 0 Å². The highest BCUT2D eigenvalue weighted by molar-refractivity contribution is 7.89. The van der Waals surface area contributed by atoms with E-state index in [0.717, 1.165) is 0 Å². The highest BCUT2D eigenvalue weighted by Gasteiger charge is 2.15. The van der Waals surface area contributed by atoms with Gasteiger partial charge in [-0.1, -0.05) is 17.7 Å². The molecule has 0 bridgehead atoms. The number of hydrogen-bond donors (Lipinski definition) is 2. The SMILES string of the molecule is Cc1ccc(C(=O)NCCOc2ccc(Cl)cc2)cc1S(N)(=O)=O. The van der Waals surface area contributed by atoms with Gasteiger partial charge >= 0.3 is 0 Å². The van der Waals surface area contributed by atoms with E-state index in [1.54, 1.807) is 43.3 Å². The van der Waals surface area contributed by atoms with Crippen LogP contribution in [0.3, 0.4) is 0 Å². The maximum Gasteiger partial charge on any atom is 0.251 e. The van der Waals surface area contributed by atoms with Crippen LogP contribution in [0.2, 0.25) is 5.02 Å². The third-order valence-electron chi connectivity index (χ3n) is 3.23. The van der Waals surface area contributed by atoms with E-state index < -0.39 is 15.9 Å². The van der Waals surface area contributed by atoms with E-state index in [1.165, 1.54) is 6.07 Å². The number of carbonyl (C=O) groups is 1. The molecule has 24 heavy (non-hydrogen) atoms. The molecule has 2 rings (SSSR count). The van der Waals surface area contributed by atoms with E-state index in [0.29, 0.717) is 16.3 Å². The summed E-state index contributed by atoms with van der Waals surface area (Å²) in [5, 5.41) is 8.40. The molecule has 0 unspecified atom stereocenters. The summed E-state index contributed by atoms with van der Waals surface area (Å²) in [5.41, 5.74) is 0.705. The molecule has 6 nitrogen and oxygen atoms in total. The van der Waals surface area contributed by atoms with Crippen molar-refractivity contribution in [3.63, 3.8) is 0 Å². The molecule has 0 aliphatic heterocycles. The van der Waals surface area contributed by atoms with E-state index >= 15 is 0 Å². The van der Waals surface area contributed by atoms with Crippen LogP contribution in [0, 0.1) is 6.92 Å². The molecule has 0 saturated heterocycles. The van der Waals surface area contributed by atoms with Gasteiger partial charge in [-0.15, -0.1) is 0 Å². The molecule has 0 atom stereocenters. The molecule has 128 valence electrons. The van der Waals surface area contributed by atoms with Crippen molar-refractivity contribution in [1.29, 1.82) is 0 Å². The van der Waals surface area contributed by atoms with Crippen molar-refractivity contribution in [2.24, 2.45) is 5.14 Å². The van der Waals surface area contributed by atoms with Gasteiger partial charge in [0.2, 0.25) is 10.0 Å². The van der Waals surface area contributed by atoms with Crippen molar-refractivity contribution in [2.75, 3.05) is 13.2 Å². The Morgan fingerprint density at radius 2 is 1.88 bits per heavy atom. The molecule has 0 saturated carbocycles. The molecule has 0 aromatic heterocycles. The first kappa shape index (κ1) is 18.3. The molecule has 1 amide bonds. The van der Waals surface area contributed by atoms with Crippen molar-refractivity contribution in [3.8, 4) is 5.75 Å². The zero-order chi connectivity index (χ0) is 17.7. The van der Waals surface area contributed by atoms with Crippen molar-refractivity contribution in [3.05, 3.63) is 58.6 Å². The third kappa shape index (κ3) is 4.95. The number of carbonyl (C=O) groups excluding carboxylic acids is 1. The molecule has 0 radical (unpaired) electrons. The summed E-state index contributed by atoms with van der Waals surface area (Å²) in [6.45, 7) is 2.14. The number of nitrogens with two attached hydrogens (primary N) is 1. The Kier molecular flexibility index (Phi) is 5.82. The highest BCUT2D eigenvalue weighted by Crippen LogP contribution is 2.16. The summed E-state index contributed by atoms with van der Waals surface area (Å²) in [5.74, 6) is 0.236. The molecule has 3 N–H and O–H groups in total. The monoisotopic (exact) mass is 368 g/mol. The number of nitrogens with one attached hydrogen (secondary N) is 1. The van der Waals surface area contributed by atoms with E-state index in [2.05, 4.69) is 5.32 Å². The highest BCUT2D eigenvalue weighted by atomic mass is 35.5. The zero-order valence-corrected chi connectivity index (χ0v) is 14.5. The second-order valence-corrected chi connectivity index (χ2v) is 7.05. The van der Waals surface area contributed by atoms with Crippen LogP contribution in [-0.2, 0) is 10.0 Å². The molecule has 0 aliphatic carbocycles. The first-order valence-electron chi connectivity index (χ1n) is 7.07. The standard InChI is InChI=1S/C16H17ClN2O4S/c1-11-2-3-12(10-15(11)24(18,21)22)16(20)19-8-9-23-14-6-4-13(17)5-7-14/h2-7,10H,8-9H2,1H3,(H,19,20)(H2,18,21,22). The fourth-order valence-corrected chi connectivity index (χ4v) is 2.95. The van der Waals surface area contributed by atoms with Crippen LogP contribution in [0.1, 0.15) is 15.9 Å². The van der Waals surface area contributed by atoms with Gasteiger partial charge in [0, 0.05) is 10.6 Å². The average Bonchev–Trinajstić information content (AvgIpc) is 2.52. The molecule has 0 spiro atoms. The molecule has 0 heterocycles. The van der Waals surface area contributed by atoms with Crippen LogP contribution in [0.25, 0.3) is 0 Å². The van der Waals surface area contributed by atoms with Crippen LogP contribution in [0.15, 0.2) is 47.4 Å². The lowest BCUT2D eigenvalue weighted by atomic mass is 10.1. The van der Waals surface area contributed by atoms with E-state index in [9.17, 15) is 13.2 Å². The number of amides is 1. The van der Waals surface area contributed by atoms with Gasteiger partial charge in [-0.05, 0) is 48.9 Å². The first-order chi connectivity index (χ1) is 11.3. The second kappa shape index (κ2) is 7.65. The van der Waals surface area contributed by atoms with Crippen LogP contribution in [0.5, 0.6) is 5.75 Å². The molecule has 2 aromatic carbocycles. The average molecular weight is 369 g/mol. The molecule has 0 fully saturated rings. The normalized spacial score (nSPS) is 11.1. The molecule has 0 aliphatic rings. The Morgan fingerprint density at radius 3 is 2.50 bits per heavy atom. The van der Waals surface area contributed by atoms with Crippen molar-refractivity contribution < 1.29 is 17.9 Å². The van der Waals surface area contributed by atoms with Crippen molar-refractivity contribution >= 4 is 27.5 Å². The number of benzene rings is 2. The Hall–Kier alpha value is -2.09. The van der Waals surface area contributed by atoms with Crippen LogP contribution in [-0.4, -0.2) is 27.5 Å². The van der Waals surface area contributed by atoms with E-state index in [-0.39, 0.29) is 23.6 Å². The number of hydrogen-bond acceptors (Lipinski definition) is 4. The first-order valence-corrected chi connectivity index (χ1v) is 9.00. The predicted molar refractivity (Wildman–Crippen MR) is 91.8 cm³/mol. The molecular weight excluding hydrogens is 352 g/mol. The summed E-state index contributed by atoms with van der Waals surface area (Å²) in [6.07, 6.45) is 0. The molecular formula is C16H17ClN2O4S. The lowest BCUT2D eigenvalue weighted by molar-refractivity contribution is 0.0947. The third-order valence-corrected chi connectivity index (χ3v) is 4.53. The van der Waals surface area contributed by atoms with Gasteiger partial charge in [0.15, 0.2) is 0 Å². The Morgan fingerprint density at radius 1 is 1.21 bits per heavy atom. The van der Waals surface area contributed by atoms with Crippen LogP contribution in [0.4, 0.5) is 0 Å². The second-order valence-electron chi connectivity index (χ2n) is 5.08. The summed E-state index contributed by atoms with van der Waals surface area (Å²) in [7, 11) is -3.87. The number of sulfonamides is 1. The summed E-state index contributed by atoms with van der Waals surface area (Å²) in [4.78, 5) is 12.0.